The Bertz CT molecular complexity index is 1040. The molecule has 3 aromatic rings. The van der Waals surface area contributed by atoms with Crippen molar-refractivity contribution in [3.8, 4) is 0 Å². The second kappa shape index (κ2) is 7.46. The maximum atomic E-state index is 13.4. The van der Waals surface area contributed by atoms with Crippen LogP contribution in [0.5, 0.6) is 0 Å². The molecule has 1 aliphatic rings. The molecular formula is C22H23N3O3. The number of nitrogens with one attached hydrogen (secondary N) is 1. The number of amides is 1. The number of non-ortho nitro benzene ring substituents is 1. The fourth-order valence-corrected chi connectivity index (χ4v) is 4.19. The Kier molecular flexibility index (Phi) is 4.86. The van der Waals surface area contributed by atoms with Gasteiger partial charge in [0.15, 0.2) is 0 Å². The fourth-order valence-electron chi connectivity index (χ4n) is 4.19. The van der Waals surface area contributed by atoms with Gasteiger partial charge >= 0.3 is 0 Å². The Balaban J connectivity index is 1.67. The number of aromatic amines is 1. The summed E-state index contributed by atoms with van der Waals surface area (Å²) in [7, 11) is 0. The minimum atomic E-state index is -0.428. The van der Waals surface area contributed by atoms with E-state index in [9.17, 15) is 14.9 Å². The van der Waals surface area contributed by atoms with Crippen LogP contribution in [0.1, 0.15) is 41.3 Å². The van der Waals surface area contributed by atoms with Crippen LogP contribution in [-0.2, 0) is 12.8 Å². The van der Waals surface area contributed by atoms with Crippen LogP contribution in [0.15, 0.2) is 48.7 Å². The fraction of sp³-hybridized carbons (Fsp3) is 0.318. The van der Waals surface area contributed by atoms with Gasteiger partial charge in [0, 0.05) is 41.8 Å². The third kappa shape index (κ3) is 3.26. The van der Waals surface area contributed by atoms with E-state index in [-0.39, 0.29) is 17.6 Å². The van der Waals surface area contributed by atoms with Gasteiger partial charge in [-0.2, -0.15) is 0 Å². The van der Waals surface area contributed by atoms with E-state index in [0.717, 1.165) is 31.2 Å². The van der Waals surface area contributed by atoms with E-state index in [2.05, 4.69) is 30.1 Å². The normalized spacial score (nSPS) is 16.0. The molecule has 0 radical (unpaired) electrons. The predicted molar refractivity (Wildman–Crippen MR) is 109 cm³/mol. The van der Waals surface area contributed by atoms with Gasteiger partial charge in [0.1, 0.15) is 0 Å². The van der Waals surface area contributed by atoms with Crippen molar-refractivity contribution in [1.29, 1.82) is 0 Å². The molecule has 0 bridgehead atoms. The zero-order chi connectivity index (χ0) is 19.7. The molecule has 0 spiro atoms. The first-order chi connectivity index (χ1) is 13.6. The summed E-state index contributed by atoms with van der Waals surface area (Å²) in [5, 5.41) is 11.8. The van der Waals surface area contributed by atoms with Crippen molar-refractivity contribution in [2.75, 3.05) is 6.54 Å². The zero-order valence-corrected chi connectivity index (χ0v) is 15.9. The second-order valence-corrected chi connectivity index (χ2v) is 7.35. The van der Waals surface area contributed by atoms with Crippen molar-refractivity contribution < 1.29 is 9.72 Å². The lowest BCUT2D eigenvalue weighted by molar-refractivity contribution is -0.384. The van der Waals surface area contributed by atoms with Crippen molar-refractivity contribution in [3.05, 3.63) is 75.5 Å². The predicted octanol–water partition coefficient (Wildman–Crippen LogP) is 4.49. The summed E-state index contributed by atoms with van der Waals surface area (Å²) < 4.78 is 0. The highest BCUT2D eigenvalue weighted by atomic mass is 16.6. The SMILES string of the molecule is CCCN(C(=O)c1c[nH]c2ccc([N+](=O)[O-])cc12)C1CCc2ccccc2C1. The number of nitro benzene ring substituents is 1. The zero-order valence-electron chi connectivity index (χ0n) is 15.9. The number of aromatic nitrogens is 1. The summed E-state index contributed by atoms with van der Waals surface area (Å²) in [6.07, 6.45) is 5.30. The number of fused-ring (bicyclic) bond motifs is 2. The van der Waals surface area contributed by atoms with Crippen LogP contribution in [0.4, 0.5) is 5.69 Å². The number of carbonyl (C=O) groups is 1. The molecule has 4 rings (SSSR count). The number of nitro groups is 1. The molecule has 28 heavy (non-hydrogen) atoms. The molecule has 1 amide bonds. The van der Waals surface area contributed by atoms with E-state index in [4.69, 9.17) is 0 Å². The van der Waals surface area contributed by atoms with Gasteiger partial charge in [0.25, 0.3) is 11.6 Å². The van der Waals surface area contributed by atoms with Crippen LogP contribution < -0.4 is 0 Å². The lowest BCUT2D eigenvalue weighted by Crippen LogP contribution is -2.43. The number of H-pyrrole nitrogens is 1. The first-order valence-corrected chi connectivity index (χ1v) is 9.71. The molecular weight excluding hydrogens is 354 g/mol. The van der Waals surface area contributed by atoms with Crippen molar-refractivity contribution >= 4 is 22.5 Å². The van der Waals surface area contributed by atoms with Gasteiger partial charge < -0.3 is 9.88 Å². The average Bonchev–Trinajstić information content (AvgIpc) is 3.14. The average molecular weight is 377 g/mol. The van der Waals surface area contributed by atoms with Crippen LogP contribution in [0.3, 0.4) is 0 Å². The molecule has 0 fully saturated rings. The number of hydrogen-bond donors (Lipinski definition) is 1. The van der Waals surface area contributed by atoms with Crippen LogP contribution in [0.25, 0.3) is 10.9 Å². The molecule has 1 N–H and O–H groups in total. The number of rotatable bonds is 5. The van der Waals surface area contributed by atoms with Gasteiger partial charge in [0.05, 0.1) is 10.5 Å². The molecule has 2 aromatic carbocycles. The second-order valence-electron chi connectivity index (χ2n) is 7.35. The lowest BCUT2D eigenvalue weighted by Gasteiger charge is -2.35. The summed E-state index contributed by atoms with van der Waals surface area (Å²) in [5.41, 5.74) is 3.91. The van der Waals surface area contributed by atoms with Crippen molar-refractivity contribution in [2.24, 2.45) is 0 Å². The minimum Gasteiger partial charge on any atom is -0.360 e. The Hall–Kier alpha value is -3.15. The third-order valence-corrected chi connectivity index (χ3v) is 5.59. The summed E-state index contributed by atoms with van der Waals surface area (Å²) in [5.74, 6) is -0.0574. The van der Waals surface area contributed by atoms with E-state index in [1.165, 1.54) is 23.3 Å². The first-order valence-electron chi connectivity index (χ1n) is 9.71. The smallest absolute Gasteiger partial charge is 0.270 e. The van der Waals surface area contributed by atoms with Crippen molar-refractivity contribution in [2.45, 2.75) is 38.6 Å². The molecule has 0 aliphatic heterocycles. The summed E-state index contributed by atoms with van der Waals surface area (Å²) in [4.78, 5) is 29.2. The molecule has 0 saturated heterocycles. The molecule has 1 atom stereocenters. The molecule has 0 saturated carbocycles. The third-order valence-electron chi connectivity index (χ3n) is 5.59. The van der Waals surface area contributed by atoms with Gasteiger partial charge in [-0.15, -0.1) is 0 Å². The van der Waals surface area contributed by atoms with Crippen LogP contribution in [-0.4, -0.2) is 33.3 Å². The number of aryl methyl sites for hydroxylation is 1. The summed E-state index contributed by atoms with van der Waals surface area (Å²) >= 11 is 0. The maximum absolute atomic E-state index is 13.4. The number of hydrogen-bond acceptors (Lipinski definition) is 3. The van der Waals surface area contributed by atoms with Crippen molar-refractivity contribution in [1.82, 2.24) is 9.88 Å². The monoisotopic (exact) mass is 377 g/mol. The highest BCUT2D eigenvalue weighted by Crippen LogP contribution is 2.29. The highest BCUT2D eigenvalue weighted by molar-refractivity contribution is 6.07. The molecule has 1 aromatic heterocycles. The van der Waals surface area contributed by atoms with Crippen LogP contribution in [0.2, 0.25) is 0 Å². The minimum absolute atomic E-state index is 0.00483. The first kappa shape index (κ1) is 18.2. The van der Waals surface area contributed by atoms with Gasteiger partial charge in [-0.05, 0) is 42.9 Å². The summed E-state index contributed by atoms with van der Waals surface area (Å²) in [6, 6.07) is 13.2. The standard InChI is InChI=1S/C22H23N3O3/c1-2-11-24(17-8-7-15-5-3-4-6-16(15)12-17)22(26)20-14-23-21-10-9-18(25(27)28)13-19(20)21/h3-6,9-10,13-14,17,23H,2,7-8,11-12H2,1H3. The van der Waals surface area contributed by atoms with E-state index in [1.54, 1.807) is 12.3 Å². The van der Waals surface area contributed by atoms with Crippen LogP contribution >= 0.6 is 0 Å². The van der Waals surface area contributed by atoms with E-state index < -0.39 is 4.92 Å². The maximum Gasteiger partial charge on any atom is 0.270 e. The van der Waals surface area contributed by atoms with Gasteiger partial charge in [-0.25, -0.2) is 0 Å². The Labute approximate surface area is 163 Å². The number of nitrogens with zero attached hydrogens (tertiary/aromatic N) is 2. The Morgan fingerprint density at radius 1 is 1.25 bits per heavy atom. The molecule has 6 heteroatoms. The summed E-state index contributed by atoms with van der Waals surface area (Å²) in [6.45, 7) is 2.74. The topological polar surface area (TPSA) is 79.2 Å². The van der Waals surface area contributed by atoms with Gasteiger partial charge in [-0.1, -0.05) is 31.2 Å². The molecule has 144 valence electrons. The van der Waals surface area contributed by atoms with Gasteiger partial charge in [0.2, 0.25) is 0 Å². The Morgan fingerprint density at radius 2 is 2.04 bits per heavy atom. The molecule has 1 unspecified atom stereocenters. The van der Waals surface area contributed by atoms with Crippen LogP contribution in [0, 0.1) is 10.1 Å². The van der Waals surface area contributed by atoms with E-state index >= 15 is 0 Å². The molecule has 6 nitrogen and oxygen atoms in total. The Morgan fingerprint density at radius 3 is 2.79 bits per heavy atom. The van der Waals surface area contributed by atoms with E-state index in [1.807, 2.05) is 11.0 Å². The molecule has 1 heterocycles. The number of carbonyl (C=O) groups excluding carboxylic acids is 1. The largest absolute Gasteiger partial charge is 0.360 e. The van der Waals surface area contributed by atoms with E-state index in [0.29, 0.717) is 17.5 Å². The molecule has 1 aliphatic carbocycles. The quantitative estimate of drug-likeness (QED) is 0.526. The van der Waals surface area contributed by atoms with Crippen molar-refractivity contribution in [3.63, 3.8) is 0 Å². The van der Waals surface area contributed by atoms with Gasteiger partial charge in [-0.3, -0.25) is 14.9 Å². The highest BCUT2D eigenvalue weighted by Gasteiger charge is 2.29. The lowest BCUT2D eigenvalue weighted by atomic mass is 9.87. The number of benzene rings is 2.